The number of ether oxygens (including phenoxy) is 2. The van der Waals surface area contributed by atoms with Gasteiger partial charge in [-0.3, -0.25) is 9.78 Å². The minimum Gasteiger partial charge on any atom is -0.451 e. The van der Waals surface area contributed by atoms with Crippen LogP contribution in [0.25, 0.3) is 0 Å². The van der Waals surface area contributed by atoms with Gasteiger partial charge in [0.25, 0.3) is 5.91 Å². The Morgan fingerprint density at radius 1 is 1.23 bits per heavy atom. The number of anilines is 1. The quantitative estimate of drug-likeness (QED) is 0.646. The van der Waals surface area contributed by atoms with Gasteiger partial charge in [-0.25, -0.2) is 18.2 Å². The molecule has 2 aromatic rings. The first-order valence-electron chi connectivity index (χ1n) is 8.90. The minimum atomic E-state index is -3.85. The maximum Gasteiger partial charge on any atom is 0.359 e. The summed E-state index contributed by atoms with van der Waals surface area (Å²) >= 11 is 6.09. The van der Waals surface area contributed by atoms with Gasteiger partial charge in [-0.05, 0) is 25.1 Å². The number of carbonyl (C=O) groups is 2. The molecule has 0 saturated carbocycles. The third kappa shape index (κ3) is 5.30. The van der Waals surface area contributed by atoms with Crippen molar-refractivity contribution in [1.82, 2.24) is 14.3 Å². The van der Waals surface area contributed by atoms with Gasteiger partial charge in [-0.15, -0.1) is 0 Å². The molecule has 0 radical (unpaired) electrons. The van der Waals surface area contributed by atoms with E-state index in [9.17, 15) is 18.0 Å². The molecule has 1 N–H and O–H groups in total. The predicted octanol–water partition coefficient (Wildman–Crippen LogP) is 1.25. The van der Waals surface area contributed by atoms with Gasteiger partial charge >= 0.3 is 5.97 Å². The van der Waals surface area contributed by atoms with Crippen LogP contribution in [0.4, 0.5) is 5.69 Å². The monoisotopic (exact) mass is 454 g/mol. The van der Waals surface area contributed by atoms with Gasteiger partial charge in [0.2, 0.25) is 10.0 Å². The van der Waals surface area contributed by atoms with Gasteiger partial charge in [0.15, 0.2) is 12.3 Å². The van der Waals surface area contributed by atoms with Crippen molar-refractivity contribution in [3.05, 3.63) is 47.0 Å². The second-order valence-electron chi connectivity index (χ2n) is 6.33. The van der Waals surface area contributed by atoms with E-state index in [4.69, 9.17) is 21.1 Å². The molecule has 0 unspecified atom stereocenters. The van der Waals surface area contributed by atoms with Crippen LogP contribution in [0, 0.1) is 6.92 Å². The first-order valence-corrected chi connectivity index (χ1v) is 10.7. The number of aromatic nitrogens is 2. The molecule has 160 valence electrons. The topological polar surface area (TPSA) is 128 Å². The van der Waals surface area contributed by atoms with Crippen LogP contribution in [0.15, 0.2) is 35.5 Å². The summed E-state index contributed by atoms with van der Waals surface area (Å²) in [6.45, 7) is 2.16. The SMILES string of the molecule is Cc1cnc(C(=O)OCC(=O)Nc2ccc(Cl)c(S(=O)(=O)N3CCOCC3)c2)cn1. The molecule has 1 fully saturated rings. The molecule has 3 rings (SSSR count). The second kappa shape index (κ2) is 9.47. The molecule has 2 heterocycles. The van der Waals surface area contributed by atoms with E-state index in [2.05, 4.69) is 15.3 Å². The second-order valence-corrected chi connectivity index (χ2v) is 8.64. The summed E-state index contributed by atoms with van der Waals surface area (Å²) in [6, 6.07) is 4.09. The van der Waals surface area contributed by atoms with Crippen molar-refractivity contribution >= 4 is 39.2 Å². The van der Waals surface area contributed by atoms with Crippen molar-refractivity contribution in [2.75, 3.05) is 38.2 Å². The van der Waals surface area contributed by atoms with Crippen LogP contribution in [0.5, 0.6) is 0 Å². The lowest BCUT2D eigenvalue weighted by Gasteiger charge is -2.26. The highest BCUT2D eigenvalue weighted by molar-refractivity contribution is 7.89. The highest BCUT2D eigenvalue weighted by Gasteiger charge is 2.28. The third-order valence-electron chi connectivity index (χ3n) is 4.13. The minimum absolute atomic E-state index is 0.0289. The van der Waals surface area contributed by atoms with E-state index in [0.29, 0.717) is 18.9 Å². The van der Waals surface area contributed by atoms with Gasteiger partial charge in [-0.1, -0.05) is 11.6 Å². The Bertz CT molecular complexity index is 1040. The summed E-state index contributed by atoms with van der Waals surface area (Å²) in [6.07, 6.45) is 2.65. The number of hydrogen-bond acceptors (Lipinski definition) is 8. The smallest absolute Gasteiger partial charge is 0.359 e. The molecule has 1 amide bonds. The summed E-state index contributed by atoms with van der Waals surface area (Å²) in [5.41, 5.74) is 0.802. The zero-order chi connectivity index (χ0) is 21.7. The maximum absolute atomic E-state index is 12.8. The number of morpholine rings is 1. The van der Waals surface area contributed by atoms with Crippen LogP contribution in [0.2, 0.25) is 5.02 Å². The molecule has 0 atom stereocenters. The summed E-state index contributed by atoms with van der Waals surface area (Å²) in [7, 11) is -3.85. The van der Waals surface area contributed by atoms with Crippen molar-refractivity contribution in [1.29, 1.82) is 0 Å². The lowest BCUT2D eigenvalue weighted by molar-refractivity contribution is -0.119. The van der Waals surface area contributed by atoms with Crippen molar-refractivity contribution in [3.8, 4) is 0 Å². The predicted molar refractivity (Wildman–Crippen MR) is 107 cm³/mol. The largest absolute Gasteiger partial charge is 0.451 e. The van der Waals surface area contributed by atoms with Gasteiger partial charge in [0.05, 0.1) is 30.1 Å². The van der Waals surface area contributed by atoms with Crippen molar-refractivity contribution in [2.24, 2.45) is 0 Å². The van der Waals surface area contributed by atoms with Crippen LogP contribution in [-0.2, 0) is 24.3 Å². The average Bonchev–Trinajstić information content (AvgIpc) is 2.74. The summed E-state index contributed by atoms with van der Waals surface area (Å²) < 4.78 is 37.0. The number of aryl methyl sites for hydroxylation is 1. The molecule has 1 saturated heterocycles. The molecule has 0 spiro atoms. The van der Waals surface area contributed by atoms with Crippen LogP contribution in [0.1, 0.15) is 16.2 Å². The molecule has 0 aliphatic carbocycles. The first kappa shape index (κ1) is 22.1. The number of benzene rings is 1. The van der Waals surface area contributed by atoms with E-state index in [1.807, 2.05) is 0 Å². The number of amides is 1. The lowest BCUT2D eigenvalue weighted by atomic mass is 10.3. The fraction of sp³-hybridized carbons (Fsp3) is 0.333. The summed E-state index contributed by atoms with van der Waals surface area (Å²) in [5.74, 6) is -1.45. The maximum atomic E-state index is 12.8. The van der Waals surface area contributed by atoms with E-state index in [0.717, 1.165) is 0 Å². The summed E-state index contributed by atoms with van der Waals surface area (Å²) in [5, 5.41) is 2.51. The number of rotatable bonds is 6. The Hall–Kier alpha value is -2.60. The Labute approximate surface area is 178 Å². The molecule has 1 aliphatic heterocycles. The first-order chi connectivity index (χ1) is 14.3. The van der Waals surface area contributed by atoms with Crippen molar-refractivity contribution in [2.45, 2.75) is 11.8 Å². The molecule has 10 nitrogen and oxygen atoms in total. The molecule has 1 aliphatic rings. The van der Waals surface area contributed by atoms with E-state index in [1.54, 1.807) is 6.92 Å². The molecular weight excluding hydrogens is 436 g/mol. The normalized spacial score (nSPS) is 14.9. The van der Waals surface area contributed by atoms with E-state index in [1.165, 1.54) is 34.9 Å². The van der Waals surface area contributed by atoms with Gasteiger partial charge in [-0.2, -0.15) is 4.31 Å². The van der Waals surface area contributed by atoms with Crippen LogP contribution < -0.4 is 5.32 Å². The molecule has 30 heavy (non-hydrogen) atoms. The molecule has 1 aromatic carbocycles. The van der Waals surface area contributed by atoms with Crippen molar-refractivity contribution < 1.29 is 27.5 Å². The van der Waals surface area contributed by atoms with Crippen molar-refractivity contribution in [3.63, 3.8) is 0 Å². The standard InChI is InChI=1S/C18H19ClN4O6S/c1-12-9-21-15(10-20-12)18(25)29-11-17(24)22-13-2-3-14(19)16(8-13)30(26,27)23-4-6-28-7-5-23/h2-3,8-10H,4-7,11H2,1H3,(H,22,24). The zero-order valence-corrected chi connectivity index (χ0v) is 17.6. The van der Waals surface area contributed by atoms with Gasteiger partial charge in [0, 0.05) is 25.0 Å². The third-order valence-corrected chi connectivity index (χ3v) is 6.51. The van der Waals surface area contributed by atoms with Crippen LogP contribution >= 0.6 is 11.6 Å². The van der Waals surface area contributed by atoms with Crippen LogP contribution in [0.3, 0.4) is 0 Å². The Morgan fingerprint density at radius 2 is 1.97 bits per heavy atom. The molecule has 12 heteroatoms. The Morgan fingerprint density at radius 3 is 2.63 bits per heavy atom. The van der Waals surface area contributed by atoms with Gasteiger partial charge in [0.1, 0.15) is 4.90 Å². The number of halogens is 1. The number of nitrogens with one attached hydrogen (secondary N) is 1. The molecule has 1 aromatic heterocycles. The Kier molecular flexibility index (Phi) is 6.98. The lowest BCUT2D eigenvalue weighted by Crippen LogP contribution is -2.40. The zero-order valence-electron chi connectivity index (χ0n) is 16.0. The van der Waals surface area contributed by atoms with E-state index < -0.39 is 28.5 Å². The summed E-state index contributed by atoms with van der Waals surface area (Å²) in [4.78, 5) is 31.7. The molecular formula is C18H19ClN4O6S. The highest BCUT2D eigenvalue weighted by atomic mass is 35.5. The van der Waals surface area contributed by atoms with E-state index in [-0.39, 0.29) is 34.4 Å². The number of esters is 1. The fourth-order valence-electron chi connectivity index (χ4n) is 2.60. The highest BCUT2D eigenvalue weighted by Crippen LogP contribution is 2.28. The average molecular weight is 455 g/mol. The molecule has 0 bridgehead atoms. The number of nitrogens with zero attached hydrogens (tertiary/aromatic N) is 3. The fourth-order valence-corrected chi connectivity index (χ4v) is 4.51. The van der Waals surface area contributed by atoms with E-state index >= 15 is 0 Å². The Balaban J connectivity index is 1.65. The number of sulfonamides is 1. The van der Waals surface area contributed by atoms with Gasteiger partial charge < -0.3 is 14.8 Å². The number of hydrogen-bond donors (Lipinski definition) is 1. The van der Waals surface area contributed by atoms with Crippen LogP contribution in [-0.4, -0.2) is 67.5 Å². The number of carbonyl (C=O) groups excluding carboxylic acids is 2.